The summed E-state index contributed by atoms with van der Waals surface area (Å²) in [6.07, 6.45) is 1.38. The number of halogens is 1. The van der Waals surface area contributed by atoms with Gasteiger partial charge < -0.3 is 5.32 Å². The van der Waals surface area contributed by atoms with Crippen LogP contribution in [0.1, 0.15) is 13.3 Å². The van der Waals surface area contributed by atoms with Gasteiger partial charge in [0.1, 0.15) is 6.04 Å². The smallest absolute Gasteiger partial charge is 0.248 e. The van der Waals surface area contributed by atoms with Crippen LogP contribution in [0.15, 0.2) is 78.9 Å². The van der Waals surface area contributed by atoms with E-state index in [4.69, 9.17) is 11.6 Å². The van der Waals surface area contributed by atoms with Crippen molar-refractivity contribution in [3.8, 4) is 11.1 Å². The average molecular weight is 443 g/mol. The maximum Gasteiger partial charge on any atom is 0.248 e. The molecule has 0 aromatic heterocycles. The highest BCUT2D eigenvalue weighted by atomic mass is 35.5. The van der Waals surface area contributed by atoms with Crippen LogP contribution < -0.4 is 9.62 Å². The van der Waals surface area contributed by atoms with Gasteiger partial charge in [-0.1, -0.05) is 73.1 Å². The van der Waals surface area contributed by atoms with Gasteiger partial charge in [-0.05, 0) is 36.2 Å². The minimum Gasteiger partial charge on any atom is -0.324 e. The number of sulfonamides is 1. The second-order valence-electron chi connectivity index (χ2n) is 6.86. The zero-order valence-electron chi connectivity index (χ0n) is 16.7. The van der Waals surface area contributed by atoms with Crippen molar-refractivity contribution in [3.63, 3.8) is 0 Å². The zero-order chi connectivity index (χ0) is 21.7. The summed E-state index contributed by atoms with van der Waals surface area (Å²) < 4.78 is 26.3. The summed E-state index contributed by atoms with van der Waals surface area (Å²) in [6.45, 7) is 1.77. The number of carbonyl (C=O) groups is 1. The van der Waals surface area contributed by atoms with Crippen molar-refractivity contribution < 1.29 is 13.2 Å². The molecular weight excluding hydrogens is 420 g/mol. The molecule has 7 heteroatoms. The predicted molar refractivity (Wildman–Crippen MR) is 123 cm³/mol. The topological polar surface area (TPSA) is 66.5 Å². The van der Waals surface area contributed by atoms with Gasteiger partial charge in [-0.25, -0.2) is 8.42 Å². The minimum atomic E-state index is -3.73. The number of nitrogens with one attached hydrogen (secondary N) is 1. The quantitative estimate of drug-likeness (QED) is 0.547. The molecule has 0 saturated heterocycles. The first-order chi connectivity index (χ1) is 14.3. The Balaban J connectivity index is 1.97. The normalized spacial score (nSPS) is 12.2. The lowest BCUT2D eigenvalue weighted by Gasteiger charge is -2.30. The fourth-order valence-electron chi connectivity index (χ4n) is 3.35. The van der Waals surface area contributed by atoms with E-state index < -0.39 is 22.0 Å². The fraction of sp³-hybridized carbons (Fsp3) is 0.174. The number of carbonyl (C=O) groups excluding carboxylic acids is 1. The molecule has 0 heterocycles. The maximum absolute atomic E-state index is 13.2. The van der Waals surface area contributed by atoms with E-state index in [0.717, 1.165) is 21.7 Å². The third-order valence-corrected chi connectivity index (χ3v) is 6.08. The number of para-hydroxylation sites is 1. The van der Waals surface area contributed by atoms with Gasteiger partial charge >= 0.3 is 0 Å². The second-order valence-corrected chi connectivity index (χ2v) is 9.16. The number of amides is 1. The van der Waals surface area contributed by atoms with E-state index in [1.54, 1.807) is 31.2 Å². The van der Waals surface area contributed by atoms with Crippen LogP contribution in [-0.4, -0.2) is 26.6 Å². The molecule has 3 aromatic rings. The summed E-state index contributed by atoms with van der Waals surface area (Å²) in [5.41, 5.74) is 2.78. The highest BCUT2D eigenvalue weighted by molar-refractivity contribution is 7.92. The number of anilines is 2. The molecule has 0 aliphatic heterocycles. The highest BCUT2D eigenvalue weighted by Gasteiger charge is 2.32. The average Bonchev–Trinajstić information content (AvgIpc) is 2.72. The third kappa shape index (κ3) is 5.01. The summed E-state index contributed by atoms with van der Waals surface area (Å²) in [5.74, 6) is -0.411. The lowest BCUT2D eigenvalue weighted by atomic mass is 10.0. The molecule has 30 heavy (non-hydrogen) atoms. The first kappa shape index (κ1) is 21.9. The van der Waals surface area contributed by atoms with Crippen LogP contribution in [0.25, 0.3) is 11.1 Å². The molecule has 5 nitrogen and oxygen atoms in total. The van der Waals surface area contributed by atoms with E-state index in [9.17, 15) is 13.2 Å². The maximum atomic E-state index is 13.2. The van der Waals surface area contributed by atoms with Crippen LogP contribution in [-0.2, 0) is 14.8 Å². The molecule has 0 fully saturated rings. The molecule has 0 saturated carbocycles. The number of hydrogen-bond acceptors (Lipinski definition) is 3. The van der Waals surface area contributed by atoms with Gasteiger partial charge in [0.2, 0.25) is 15.9 Å². The molecule has 3 rings (SSSR count). The Kier molecular flexibility index (Phi) is 6.80. The van der Waals surface area contributed by atoms with Crippen molar-refractivity contribution in [1.29, 1.82) is 0 Å². The van der Waals surface area contributed by atoms with Crippen LogP contribution >= 0.6 is 11.6 Å². The molecule has 0 aliphatic carbocycles. The lowest BCUT2D eigenvalue weighted by Crippen LogP contribution is -2.47. The van der Waals surface area contributed by atoms with E-state index in [1.165, 1.54) is 6.07 Å². The lowest BCUT2D eigenvalue weighted by molar-refractivity contribution is -0.117. The zero-order valence-corrected chi connectivity index (χ0v) is 18.3. The van der Waals surface area contributed by atoms with E-state index in [-0.39, 0.29) is 0 Å². The number of nitrogens with zero attached hydrogens (tertiary/aromatic N) is 1. The summed E-state index contributed by atoms with van der Waals surface area (Å²) in [6, 6.07) is 22.7. The molecule has 156 valence electrons. The van der Waals surface area contributed by atoms with Gasteiger partial charge in [0.15, 0.2) is 0 Å². The van der Waals surface area contributed by atoms with Crippen molar-refractivity contribution in [2.75, 3.05) is 15.9 Å². The van der Waals surface area contributed by atoms with Crippen molar-refractivity contribution in [2.24, 2.45) is 0 Å². The van der Waals surface area contributed by atoms with Crippen LogP contribution in [0.5, 0.6) is 0 Å². The van der Waals surface area contributed by atoms with E-state index in [1.807, 2.05) is 48.5 Å². The minimum absolute atomic E-state index is 0.291. The molecule has 0 spiro atoms. The summed E-state index contributed by atoms with van der Waals surface area (Å²) in [7, 11) is -3.73. The third-order valence-electron chi connectivity index (χ3n) is 4.66. The first-order valence-corrected chi connectivity index (χ1v) is 11.7. The van der Waals surface area contributed by atoms with Crippen molar-refractivity contribution >= 4 is 38.9 Å². The van der Waals surface area contributed by atoms with Gasteiger partial charge in [0.05, 0.1) is 11.9 Å². The van der Waals surface area contributed by atoms with Crippen LogP contribution in [0, 0.1) is 0 Å². The predicted octanol–water partition coefficient (Wildman–Crippen LogP) is 5.19. The van der Waals surface area contributed by atoms with Gasteiger partial charge in [-0.3, -0.25) is 9.10 Å². The molecule has 0 aliphatic rings. The Hall–Kier alpha value is -2.83. The Morgan fingerprint density at radius 2 is 1.67 bits per heavy atom. The molecule has 0 radical (unpaired) electrons. The SMILES string of the molecule is CC[C@H](C(=O)Nc1ccccc1-c1ccccc1)N(c1cccc(Cl)c1)S(C)(=O)=O. The van der Waals surface area contributed by atoms with Crippen LogP contribution in [0.2, 0.25) is 5.02 Å². The molecule has 1 atom stereocenters. The molecule has 0 bridgehead atoms. The van der Waals surface area contributed by atoms with Gasteiger partial charge in [-0.2, -0.15) is 0 Å². The monoisotopic (exact) mass is 442 g/mol. The molecular formula is C23H23ClN2O3S. The standard InChI is InChI=1S/C23H23ClN2O3S/c1-3-22(26(30(2,28)29)19-13-9-12-18(24)16-19)23(27)25-21-15-8-7-14-20(21)17-10-5-4-6-11-17/h4-16,22H,3H2,1-2H3,(H,25,27)/t22-/m1/s1. The number of rotatable bonds is 7. The van der Waals surface area contributed by atoms with E-state index in [0.29, 0.717) is 22.8 Å². The Morgan fingerprint density at radius 3 is 2.30 bits per heavy atom. The largest absolute Gasteiger partial charge is 0.324 e. The molecule has 0 unspecified atom stereocenters. The van der Waals surface area contributed by atoms with Gasteiger partial charge in [-0.15, -0.1) is 0 Å². The molecule has 3 aromatic carbocycles. The molecule has 1 N–H and O–H groups in total. The second kappa shape index (κ2) is 9.32. The summed E-state index contributed by atoms with van der Waals surface area (Å²) >= 11 is 6.06. The van der Waals surface area contributed by atoms with Crippen molar-refractivity contribution in [3.05, 3.63) is 83.9 Å². The van der Waals surface area contributed by atoms with E-state index in [2.05, 4.69) is 5.32 Å². The van der Waals surface area contributed by atoms with Crippen LogP contribution in [0.4, 0.5) is 11.4 Å². The van der Waals surface area contributed by atoms with Crippen molar-refractivity contribution in [2.45, 2.75) is 19.4 Å². The first-order valence-electron chi connectivity index (χ1n) is 9.51. The van der Waals surface area contributed by atoms with E-state index >= 15 is 0 Å². The fourth-order valence-corrected chi connectivity index (χ4v) is 4.74. The highest BCUT2D eigenvalue weighted by Crippen LogP contribution is 2.29. The van der Waals surface area contributed by atoms with Gasteiger partial charge in [0.25, 0.3) is 0 Å². The van der Waals surface area contributed by atoms with Crippen molar-refractivity contribution in [1.82, 2.24) is 0 Å². The summed E-state index contributed by atoms with van der Waals surface area (Å²) in [4.78, 5) is 13.2. The number of hydrogen-bond donors (Lipinski definition) is 1. The Bertz CT molecular complexity index is 1130. The number of benzene rings is 3. The van der Waals surface area contributed by atoms with Crippen LogP contribution in [0.3, 0.4) is 0 Å². The molecule has 1 amide bonds. The Morgan fingerprint density at radius 1 is 1.00 bits per heavy atom. The Labute approximate surface area is 182 Å². The van der Waals surface area contributed by atoms with Gasteiger partial charge in [0, 0.05) is 16.3 Å². The summed E-state index contributed by atoms with van der Waals surface area (Å²) in [5, 5.41) is 3.31.